The zero-order valence-electron chi connectivity index (χ0n) is 10.3. The molecule has 18 heavy (non-hydrogen) atoms. The number of hydrogen-bond donors (Lipinski definition) is 1. The van der Waals surface area contributed by atoms with Crippen LogP contribution in [0.4, 0.5) is 0 Å². The zero-order chi connectivity index (χ0) is 13.0. The molecule has 0 saturated carbocycles. The lowest BCUT2D eigenvalue weighted by atomic mass is 9.97. The minimum atomic E-state index is -0.171. The van der Waals surface area contributed by atoms with E-state index in [-0.39, 0.29) is 23.6 Å². The molecule has 0 aromatic carbocycles. The van der Waals surface area contributed by atoms with Gasteiger partial charge in [0.1, 0.15) is 6.33 Å². The first-order valence-corrected chi connectivity index (χ1v) is 6.03. The molecular weight excluding hydrogens is 236 g/mol. The van der Waals surface area contributed by atoms with Crippen molar-refractivity contribution in [1.82, 2.24) is 20.1 Å². The normalized spacial score (nSPS) is 16.6. The average Bonchev–Trinajstić information content (AvgIpc) is 2.92. The smallest absolute Gasteiger partial charge is 0.309 e. The number of rotatable bonds is 3. The van der Waals surface area contributed by atoms with Crippen molar-refractivity contribution in [3.8, 4) is 0 Å². The number of ether oxygens (including phenoxy) is 1. The Bertz CT molecular complexity index is 410. The maximum Gasteiger partial charge on any atom is 0.309 e. The van der Waals surface area contributed by atoms with E-state index in [1.807, 2.05) is 0 Å². The van der Waals surface area contributed by atoms with Crippen molar-refractivity contribution < 1.29 is 14.3 Å². The van der Waals surface area contributed by atoms with E-state index in [2.05, 4.69) is 15.2 Å². The Morgan fingerprint density at radius 1 is 1.50 bits per heavy atom. The number of esters is 1. The lowest BCUT2D eigenvalue weighted by Gasteiger charge is -2.30. The summed E-state index contributed by atoms with van der Waals surface area (Å²) in [4.78, 5) is 29.0. The summed E-state index contributed by atoms with van der Waals surface area (Å²) in [6, 6.07) is 0. The number of aromatic amines is 1. The summed E-state index contributed by atoms with van der Waals surface area (Å²) in [7, 11) is 0. The molecule has 2 rings (SSSR count). The molecule has 7 heteroatoms. The van der Waals surface area contributed by atoms with Crippen LogP contribution in [-0.2, 0) is 9.53 Å². The van der Waals surface area contributed by atoms with E-state index in [0.717, 1.165) is 0 Å². The van der Waals surface area contributed by atoms with Crippen LogP contribution in [0, 0.1) is 5.92 Å². The fourth-order valence-electron chi connectivity index (χ4n) is 2.04. The number of piperidine rings is 1. The summed E-state index contributed by atoms with van der Waals surface area (Å²) >= 11 is 0. The zero-order valence-corrected chi connectivity index (χ0v) is 10.3. The van der Waals surface area contributed by atoms with Crippen LogP contribution in [0.1, 0.15) is 30.4 Å². The van der Waals surface area contributed by atoms with Crippen LogP contribution in [0.3, 0.4) is 0 Å². The van der Waals surface area contributed by atoms with Gasteiger partial charge in [0.2, 0.25) is 5.82 Å². The number of H-pyrrole nitrogens is 1. The molecule has 1 amide bonds. The van der Waals surface area contributed by atoms with Gasteiger partial charge < -0.3 is 9.64 Å². The number of nitrogens with one attached hydrogen (secondary N) is 1. The molecule has 2 heterocycles. The van der Waals surface area contributed by atoms with Crippen molar-refractivity contribution in [1.29, 1.82) is 0 Å². The minimum Gasteiger partial charge on any atom is -0.466 e. The first-order valence-electron chi connectivity index (χ1n) is 6.03. The van der Waals surface area contributed by atoms with Gasteiger partial charge in [-0.05, 0) is 19.8 Å². The molecule has 0 unspecified atom stereocenters. The highest BCUT2D eigenvalue weighted by Gasteiger charge is 2.29. The quantitative estimate of drug-likeness (QED) is 0.777. The minimum absolute atomic E-state index is 0.0938. The number of hydrogen-bond acceptors (Lipinski definition) is 5. The second-order valence-corrected chi connectivity index (χ2v) is 4.15. The van der Waals surface area contributed by atoms with E-state index in [1.54, 1.807) is 11.8 Å². The Morgan fingerprint density at radius 2 is 2.22 bits per heavy atom. The van der Waals surface area contributed by atoms with Gasteiger partial charge in [0.25, 0.3) is 5.91 Å². The molecule has 0 atom stereocenters. The van der Waals surface area contributed by atoms with Crippen LogP contribution in [-0.4, -0.2) is 51.7 Å². The Labute approximate surface area is 105 Å². The molecule has 98 valence electrons. The van der Waals surface area contributed by atoms with Gasteiger partial charge >= 0.3 is 5.97 Å². The van der Waals surface area contributed by atoms with Crippen molar-refractivity contribution >= 4 is 11.9 Å². The summed E-state index contributed by atoms with van der Waals surface area (Å²) in [6.07, 6.45) is 2.58. The Hall–Kier alpha value is -1.92. The molecule has 1 aromatic heterocycles. The summed E-state index contributed by atoms with van der Waals surface area (Å²) in [5.41, 5.74) is 0. The van der Waals surface area contributed by atoms with Crippen LogP contribution in [0.5, 0.6) is 0 Å². The van der Waals surface area contributed by atoms with Gasteiger partial charge in [-0.3, -0.25) is 14.7 Å². The summed E-state index contributed by atoms with van der Waals surface area (Å²) < 4.78 is 4.98. The van der Waals surface area contributed by atoms with E-state index in [1.165, 1.54) is 6.33 Å². The molecule has 1 aliphatic rings. The van der Waals surface area contributed by atoms with Crippen molar-refractivity contribution in [2.24, 2.45) is 5.92 Å². The maximum atomic E-state index is 11.9. The third-order valence-corrected chi connectivity index (χ3v) is 3.02. The fourth-order valence-corrected chi connectivity index (χ4v) is 2.04. The van der Waals surface area contributed by atoms with Gasteiger partial charge in [0.05, 0.1) is 12.5 Å². The highest BCUT2D eigenvalue weighted by Crippen LogP contribution is 2.19. The molecule has 1 saturated heterocycles. The van der Waals surface area contributed by atoms with E-state index < -0.39 is 0 Å². The number of carbonyl (C=O) groups is 2. The Balaban J connectivity index is 1.87. The van der Waals surface area contributed by atoms with Gasteiger partial charge in [0.15, 0.2) is 0 Å². The van der Waals surface area contributed by atoms with Crippen molar-refractivity contribution in [3.05, 3.63) is 12.2 Å². The second kappa shape index (κ2) is 5.61. The van der Waals surface area contributed by atoms with Crippen LogP contribution < -0.4 is 0 Å². The van der Waals surface area contributed by atoms with Crippen LogP contribution in [0.25, 0.3) is 0 Å². The molecular formula is C11H16N4O3. The third-order valence-electron chi connectivity index (χ3n) is 3.02. The van der Waals surface area contributed by atoms with Gasteiger partial charge in [-0.15, -0.1) is 0 Å². The highest BCUT2D eigenvalue weighted by molar-refractivity contribution is 5.90. The maximum absolute atomic E-state index is 11.9. The molecule has 1 aromatic rings. The van der Waals surface area contributed by atoms with E-state index in [0.29, 0.717) is 32.5 Å². The van der Waals surface area contributed by atoms with Crippen molar-refractivity contribution in [3.63, 3.8) is 0 Å². The number of carbonyl (C=O) groups excluding carboxylic acids is 2. The summed E-state index contributed by atoms with van der Waals surface area (Å²) in [5, 5.41) is 6.19. The molecule has 7 nitrogen and oxygen atoms in total. The summed E-state index contributed by atoms with van der Waals surface area (Å²) in [5.74, 6) is -0.188. The first-order chi connectivity index (χ1) is 8.72. The highest BCUT2D eigenvalue weighted by atomic mass is 16.5. The SMILES string of the molecule is CCOC(=O)C1CCN(C(=O)c2ncn[nH]2)CC1. The molecule has 0 bridgehead atoms. The molecule has 0 spiro atoms. The van der Waals surface area contributed by atoms with Gasteiger partial charge in [-0.1, -0.05) is 0 Å². The largest absolute Gasteiger partial charge is 0.466 e. The third kappa shape index (κ3) is 2.66. The fraction of sp³-hybridized carbons (Fsp3) is 0.636. The van der Waals surface area contributed by atoms with Crippen LogP contribution >= 0.6 is 0 Å². The number of aromatic nitrogens is 3. The predicted octanol–water partition coefficient (Wildman–Crippen LogP) is 0.220. The molecule has 1 fully saturated rings. The molecule has 1 N–H and O–H groups in total. The summed E-state index contributed by atoms with van der Waals surface area (Å²) in [6.45, 7) is 3.28. The van der Waals surface area contributed by atoms with Crippen molar-refractivity contribution in [2.75, 3.05) is 19.7 Å². The monoisotopic (exact) mass is 252 g/mol. The van der Waals surface area contributed by atoms with Gasteiger partial charge in [-0.2, -0.15) is 5.10 Å². The van der Waals surface area contributed by atoms with Crippen LogP contribution in [0.15, 0.2) is 6.33 Å². The lowest BCUT2D eigenvalue weighted by Crippen LogP contribution is -2.41. The van der Waals surface area contributed by atoms with Crippen molar-refractivity contribution in [2.45, 2.75) is 19.8 Å². The number of amides is 1. The van der Waals surface area contributed by atoms with Gasteiger partial charge in [0, 0.05) is 13.1 Å². The number of nitrogens with zero attached hydrogens (tertiary/aromatic N) is 3. The Morgan fingerprint density at radius 3 is 2.78 bits per heavy atom. The molecule has 0 radical (unpaired) electrons. The van der Waals surface area contributed by atoms with E-state index >= 15 is 0 Å². The average molecular weight is 252 g/mol. The molecule has 0 aliphatic carbocycles. The van der Waals surface area contributed by atoms with Crippen LogP contribution in [0.2, 0.25) is 0 Å². The Kier molecular flexibility index (Phi) is 3.91. The van der Waals surface area contributed by atoms with E-state index in [9.17, 15) is 9.59 Å². The number of likely N-dealkylation sites (tertiary alicyclic amines) is 1. The topological polar surface area (TPSA) is 88.2 Å². The van der Waals surface area contributed by atoms with Gasteiger partial charge in [-0.25, -0.2) is 4.98 Å². The van der Waals surface area contributed by atoms with E-state index in [4.69, 9.17) is 4.74 Å². The lowest BCUT2D eigenvalue weighted by molar-refractivity contribution is -0.149. The standard InChI is InChI=1S/C11H16N4O3/c1-2-18-11(17)8-3-5-15(6-4-8)10(16)9-12-7-13-14-9/h7-8H,2-6H2,1H3,(H,12,13,14). The second-order valence-electron chi connectivity index (χ2n) is 4.15. The molecule has 1 aliphatic heterocycles. The predicted molar refractivity (Wildman–Crippen MR) is 61.6 cm³/mol. The first kappa shape index (κ1) is 12.5.